The fourth-order valence-electron chi connectivity index (χ4n) is 6.59. The quantitative estimate of drug-likeness (QED) is 0.231. The van der Waals surface area contributed by atoms with E-state index in [1.807, 2.05) is 36.9 Å². The maximum atomic E-state index is 14.1. The Morgan fingerprint density at radius 3 is 2.38 bits per heavy atom. The van der Waals surface area contributed by atoms with Gasteiger partial charge in [-0.25, -0.2) is 0 Å². The molecule has 0 radical (unpaired) electrons. The van der Waals surface area contributed by atoms with Crippen LogP contribution in [0.3, 0.4) is 0 Å². The lowest BCUT2D eigenvalue weighted by Gasteiger charge is -2.50. The van der Waals surface area contributed by atoms with Gasteiger partial charge in [-0.2, -0.15) is 0 Å². The number of ketones is 2. The Bertz CT molecular complexity index is 1360. The van der Waals surface area contributed by atoms with Crippen LogP contribution in [-0.4, -0.2) is 101 Å². The zero-order chi connectivity index (χ0) is 29.8. The van der Waals surface area contributed by atoms with Gasteiger partial charge in [-0.3, -0.25) is 24.2 Å². The number of rotatable bonds is 8. The normalized spacial score (nSPS) is 26.1. The Hall–Kier alpha value is -3.67. The number of carbonyl (C=O) groups is 3. The number of anilines is 1. The summed E-state index contributed by atoms with van der Waals surface area (Å²) in [5.74, 6) is -6.58. The van der Waals surface area contributed by atoms with E-state index in [2.05, 4.69) is 6.58 Å². The number of benzene rings is 1. The molecule has 0 saturated heterocycles. The number of hydrogen-bond donors (Lipinski definition) is 5. The van der Waals surface area contributed by atoms with Crippen LogP contribution < -0.4 is 10.6 Å². The van der Waals surface area contributed by atoms with E-state index in [0.29, 0.717) is 30.8 Å². The van der Waals surface area contributed by atoms with Gasteiger partial charge in [-0.05, 0) is 51.0 Å². The second-order valence-electron chi connectivity index (χ2n) is 11.2. The second-order valence-corrected chi connectivity index (χ2v) is 11.2. The van der Waals surface area contributed by atoms with Crippen molar-refractivity contribution in [3.63, 3.8) is 0 Å². The number of likely N-dealkylation sites (N-methyl/N-ethyl adjacent to an activating group) is 2. The van der Waals surface area contributed by atoms with Crippen LogP contribution in [0.15, 0.2) is 35.6 Å². The van der Waals surface area contributed by atoms with Crippen molar-refractivity contribution in [2.45, 2.75) is 38.0 Å². The molecular formula is C29H38N4O7. The van der Waals surface area contributed by atoms with Crippen molar-refractivity contribution >= 4 is 28.9 Å². The summed E-state index contributed by atoms with van der Waals surface area (Å²) in [5, 5.41) is 45.8. The molecule has 11 heteroatoms. The molecule has 1 saturated carbocycles. The summed E-state index contributed by atoms with van der Waals surface area (Å²) in [4.78, 5) is 44.8. The van der Waals surface area contributed by atoms with Crippen molar-refractivity contribution in [3.8, 4) is 5.75 Å². The van der Waals surface area contributed by atoms with Crippen molar-refractivity contribution in [1.29, 1.82) is 0 Å². The van der Waals surface area contributed by atoms with Gasteiger partial charge in [-0.15, -0.1) is 6.58 Å². The molecular weight excluding hydrogens is 516 g/mol. The van der Waals surface area contributed by atoms with E-state index in [1.165, 1.54) is 4.90 Å². The summed E-state index contributed by atoms with van der Waals surface area (Å²) >= 11 is 0. The zero-order valence-corrected chi connectivity index (χ0v) is 23.6. The summed E-state index contributed by atoms with van der Waals surface area (Å²) in [7, 11) is 6.83. The number of nitrogens with two attached hydrogens (primary N) is 1. The number of nitrogens with zero attached hydrogens (tertiary/aromatic N) is 3. The molecule has 0 aromatic heterocycles. The molecule has 216 valence electrons. The molecule has 0 spiro atoms. The molecule has 0 heterocycles. The number of carbonyl (C=O) groups excluding carboxylic acids is 3. The van der Waals surface area contributed by atoms with Gasteiger partial charge in [0.2, 0.25) is 5.78 Å². The lowest BCUT2D eigenvalue weighted by molar-refractivity contribution is -0.153. The van der Waals surface area contributed by atoms with Gasteiger partial charge in [0.25, 0.3) is 5.91 Å². The lowest BCUT2D eigenvalue weighted by atomic mass is 9.57. The monoisotopic (exact) mass is 554 g/mol. The van der Waals surface area contributed by atoms with E-state index in [4.69, 9.17) is 5.73 Å². The van der Waals surface area contributed by atoms with Crippen LogP contribution in [0.5, 0.6) is 5.75 Å². The number of aliphatic hydroxyl groups excluding tert-OH is 2. The lowest BCUT2D eigenvalue weighted by Crippen LogP contribution is -2.65. The van der Waals surface area contributed by atoms with Gasteiger partial charge in [0.05, 0.1) is 11.6 Å². The molecule has 4 atom stereocenters. The smallest absolute Gasteiger partial charge is 0.255 e. The third-order valence-electron chi connectivity index (χ3n) is 8.49. The molecule has 11 nitrogen and oxygen atoms in total. The van der Waals surface area contributed by atoms with Crippen molar-refractivity contribution in [3.05, 3.63) is 52.3 Å². The number of primary amides is 1. The van der Waals surface area contributed by atoms with E-state index >= 15 is 0 Å². The molecule has 3 aliphatic carbocycles. The summed E-state index contributed by atoms with van der Waals surface area (Å²) < 4.78 is 0. The molecule has 1 fully saturated rings. The Kier molecular flexibility index (Phi) is 7.61. The zero-order valence-electron chi connectivity index (χ0n) is 23.6. The molecule has 0 aliphatic heterocycles. The van der Waals surface area contributed by atoms with Gasteiger partial charge >= 0.3 is 0 Å². The maximum Gasteiger partial charge on any atom is 0.255 e. The van der Waals surface area contributed by atoms with Crippen LogP contribution in [0.1, 0.15) is 30.0 Å². The summed E-state index contributed by atoms with van der Waals surface area (Å²) in [6.07, 6.45) is 2.04. The highest BCUT2D eigenvalue weighted by atomic mass is 16.3. The molecule has 0 unspecified atom stereocenters. The number of Topliss-reactive ketones (excluding diaryl/α,β-unsaturated/α-hetero) is 2. The summed E-state index contributed by atoms with van der Waals surface area (Å²) in [5.41, 5.74) is 3.73. The number of phenolic OH excluding ortho intramolecular Hbond substituents is 1. The highest BCUT2D eigenvalue weighted by molar-refractivity contribution is 6.24. The minimum Gasteiger partial charge on any atom is -0.508 e. The number of aromatic hydroxyl groups is 1. The van der Waals surface area contributed by atoms with E-state index in [1.54, 1.807) is 20.2 Å². The first-order chi connectivity index (χ1) is 18.7. The third-order valence-corrected chi connectivity index (χ3v) is 8.49. The first kappa shape index (κ1) is 29.3. The third kappa shape index (κ3) is 4.20. The van der Waals surface area contributed by atoms with Crippen LogP contribution in [0.2, 0.25) is 0 Å². The van der Waals surface area contributed by atoms with E-state index < -0.39 is 58.0 Å². The largest absolute Gasteiger partial charge is 0.508 e. The molecule has 1 aromatic rings. The molecule has 1 amide bonds. The van der Waals surface area contributed by atoms with Crippen LogP contribution in [-0.2, 0) is 27.3 Å². The number of phenols is 1. The van der Waals surface area contributed by atoms with Gasteiger partial charge in [0, 0.05) is 49.9 Å². The van der Waals surface area contributed by atoms with Crippen molar-refractivity contribution in [2.24, 2.45) is 17.6 Å². The molecule has 6 N–H and O–H groups in total. The molecule has 1 aromatic carbocycles. The maximum absolute atomic E-state index is 14.1. The second kappa shape index (κ2) is 10.4. The average Bonchev–Trinajstić information content (AvgIpc) is 2.86. The van der Waals surface area contributed by atoms with E-state index in [-0.39, 0.29) is 29.7 Å². The molecule has 4 rings (SSSR count). The van der Waals surface area contributed by atoms with Crippen molar-refractivity contribution in [2.75, 3.05) is 46.2 Å². The number of fused-ring (bicyclic) bond motifs is 3. The molecule has 3 aliphatic rings. The topological polar surface area (TPSA) is 168 Å². The highest BCUT2D eigenvalue weighted by Crippen LogP contribution is 2.54. The predicted octanol–water partition coefficient (Wildman–Crippen LogP) is 1.04. The minimum atomic E-state index is -2.66. The average molecular weight is 555 g/mol. The SMILES string of the molecule is C=CCN(CC)Cc1cc(N(C)C)c2c(c1O)C(O)=C1C(=O)[C@]3(O)C(O)=C(C(N)=O)C(=O)[C@@H](N(C)C)[C@@H]3C[C@@H]1C2. The number of hydrogen-bond acceptors (Lipinski definition) is 10. The number of amides is 1. The van der Waals surface area contributed by atoms with Gasteiger partial charge in [0.15, 0.2) is 11.4 Å². The Labute approximate surface area is 233 Å². The molecule has 40 heavy (non-hydrogen) atoms. The Balaban J connectivity index is 1.96. The van der Waals surface area contributed by atoms with Gasteiger partial charge in [0.1, 0.15) is 22.8 Å². The van der Waals surface area contributed by atoms with Crippen LogP contribution in [0, 0.1) is 11.8 Å². The standard InChI is InChI=1S/C29H38N4O7/c1-7-9-33(8-2)13-15-12-18(31(3)4)16-10-14-11-17-22(32(5)6)25(36)21(28(30)39)27(38)29(17,40)26(37)19(14)24(35)20(16)23(15)34/h7,12,14,17,22,34-35,38,40H,1,8-11,13H2,2-6H3,(H2,30,39)/t14-,17-,22-,29-/m0/s1. The highest BCUT2D eigenvalue weighted by Gasteiger charge is 2.64. The fraction of sp³-hybridized carbons (Fsp3) is 0.483. The van der Waals surface area contributed by atoms with Gasteiger partial charge in [-0.1, -0.05) is 13.0 Å². The van der Waals surface area contributed by atoms with Crippen molar-refractivity contribution < 1.29 is 34.8 Å². The summed E-state index contributed by atoms with van der Waals surface area (Å²) in [6, 6.07) is 0.742. The van der Waals surface area contributed by atoms with Crippen LogP contribution in [0.4, 0.5) is 5.69 Å². The van der Waals surface area contributed by atoms with Crippen molar-refractivity contribution in [1.82, 2.24) is 9.80 Å². The van der Waals surface area contributed by atoms with Crippen LogP contribution >= 0.6 is 0 Å². The first-order valence-electron chi connectivity index (χ1n) is 13.2. The van der Waals surface area contributed by atoms with E-state index in [0.717, 1.165) is 5.69 Å². The predicted molar refractivity (Wildman–Crippen MR) is 150 cm³/mol. The Morgan fingerprint density at radius 2 is 1.85 bits per heavy atom. The Morgan fingerprint density at radius 1 is 1.20 bits per heavy atom. The fourth-order valence-corrected chi connectivity index (χ4v) is 6.59. The number of aliphatic hydroxyl groups is 3. The summed E-state index contributed by atoms with van der Waals surface area (Å²) in [6.45, 7) is 7.37. The van der Waals surface area contributed by atoms with Crippen LogP contribution in [0.25, 0.3) is 5.76 Å². The first-order valence-corrected chi connectivity index (χ1v) is 13.2. The van der Waals surface area contributed by atoms with Gasteiger partial charge < -0.3 is 31.1 Å². The minimum absolute atomic E-state index is 0.0457. The van der Waals surface area contributed by atoms with E-state index in [9.17, 15) is 34.8 Å². The molecule has 0 bridgehead atoms.